The molecule has 1 aliphatic heterocycles. The maximum atomic E-state index is 13.2. The standard InChI is InChI=1S/C31H35N3O5/c35-29(20-24-15-17-34(18-16-24)31(37)38)33-28(30(36)32-21-25-7-3-1-4-8-25)19-23-11-13-27(14-12-23)39-22-26-9-5-2-6-10-26/h1-14,24,28H,15-22H2,(H,32,36)(H,33,35)(H,37,38)/t28-/m0/s1. The van der Waals surface area contributed by atoms with Crippen molar-refractivity contribution in [2.45, 2.75) is 44.9 Å². The third-order valence-electron chi connectivity index (χ3n) is 6.93. The van der Waals surface area contributed by atoms with Gasteiger partial charge in [0.05, 0.1) is 0 Å². The van der Waals surface area contributed by atoms with Gasteiger partial charge in [-0.15, -0.1) is 0 Å². The fraction of sp³-hybridized carbons (Fsp3) is 0.323. The summed E-state index contributed by atoms with van der Waals surface area (Å²) in [7, 11) is 0. The van der Waals surface area contributed by atoms with E-state index in [4.69, 9.17) is 9.84 Å². The second kappa shape index (κ2) is 14.0. The van der Waals surface area contributed by atoms with Crippen molar-refractivity contribution in [3.8, 4) is 5.75 Å². The molecule has 3 aromatic carbocycles. The van der Waals surface area contributed by atoms with Gasteiger partial charge in [-0.05, 0) is 47.6 Å². The Morgan fingerprint density at radius 1 is 0.846 bits per heavy atom. The number of likely N-dealkylation sites (tertiary alicyclic amines) is 1. The van der Waals surface area contributed by atoms with Crippen LogP contribution in [-0.2, 0) is 29.2 Å². The van der Waals surface area contributed by atoms with Crippen molar-refractivity contribution in [1.82, 2.24) is 15.5 Å². The van der Waals surface area contributed by atoms with E-state index in [-0.39, 0.29) is 24.2 Å². The van der Waals surface area contributed by atoms with E-state index in [1.807, 2.05) is 84.9 Å². The van der Waals surface area contributed by atoms with Gasteiger partial charge in [0.15, 0.2) is 0 Å². The van der Waals surface area contributed by atoms with Gasteiger partial charge in [-0.2, -0.15) is 0 Å². The minimum Gasteiger partial charge on any atom is -0.489 e. The van der Waals surface area contributed by atoms with Crippen LogP contribution in [0.15, 0.2) is 84.9 Å². The molecule has 3 N–H and O–H groups in total. The Hall–Kier alpha value is -4.33. The molecule has 39 heavy (non-hydrogen) atoms. The Morgan fingerprint density at radius 3 is 2.08 bits per heavy atom. The number of hydrogen-bond acceptors (Lipinski definition) is 4. The summed E-state index contributed by atoms with van der Waals surface area (Å²) < 4.78 is 5.87. The summed E-state index contributed by atoms with van der Waals surface area (Å²) in [5.41, 5.74) is 2.95. The van der Waals surface area contributed by atoms with Crippen molar-refractivity contribution in [3.05, 3.63) is 102 Å². The molecule has 3 amide bonds. The van der Waals surface area contributed by atoms with Crippen molar-refractivity contribution in [2.75, 3.05) is 13.1 Å². The van der Waals surface area contributed by atoms with Crippen molar-refractivity contribution >= 4 is 17.9 Å². The first kappa shape index (κ1) is 27.7. The topological polar surface area (TPSA) is 108 Å². The molecule has 0 radical (unpaired) electrons. The molecule has 1 heterocycles. The van der Waals surface area contributed by atoms with E-state index in [1.54, 1.807) is 0 Å². The van der Waals surface area contributed by atoms with E-state index in [0.717, 1.165) is 22.4 Å². The molecule has 3 aromatic rings. The number of benzene rings is 3. The van der Waals surface area contributed by atoms with Crippen molar-refractivity contribution in [3.63, 3.8) is 0 Å². The first-order chi connectivity index (χ1) is 19.0. The highest BCUT2D eigenvalue weighted by atomic mass is 16.5. The number of amides is 3. The fourth-order valence-electron chi connectivity index (χ4n) is 4.66. The molecule has 1 saturated heterocycles. The zero-order valence-corrected chi connectivity index (χ0v) is 21.9. The zero-order chi connectivity index (χ0) is 27.5. The van der Waals surface area contributed by atoms with Crippen LogP contribution in [0, 0.1) is 5.92 Å². The molecular weight excluding hydrogens is 494 g/mol. The lowest BCUT2D eigenvalue weighted by atomic mass is 9.93. The van der Waals surface area contributed by atoms with Gasteiger partial charge in [-0.3, -0.25) is 9.59 Å². The molecule has 204 valence electrons. The highest BCUT2D eigenvalue weighted by Gasteiger charge is 2.26. The van der Waals surface area contributed by atoms with E-state index in [9.17, 15) is 14.4 Å². The van der Waals surface area contributed by atoms with Gasteiger partial charge in [0.25, 0.3) is 0 Å². The number of hydrogen-bond donors (Lipinski definition) is 3. The minimum absolute atomic E-state index is 0.0923. The Bertz CT molecular complexity index is 1210. The number of piperidine rings is 1. The van der Waals surface area contributed by atoms with Crippen LogP contribution in [0.25, 0.3) is 0 Å². The van der Waals surface area contributed by atoms with Crippen LogP contribution >= 0.6 is 0 Å². The average Bonchev–Trinajstić information content (AvgIpc) is 2.96. The molecule has 0 aliphatic carbocycles. The first-order valence-corrected chi connectivity index (χ1v) is 13.3. The molecule has 0 bridgehead atoms. The molecular formula is C31H35N3O5. The lowest BCUT2D eigenvalue weighted by Crippen LogP contribution is -2.48. The van der Waals surface area contributed by atoms with Gasteiger partial charge in [0.1, 0.15) is 18.4 Å². The highest BCUT2D eigenvalue weighted by Crippen LogP contribution is 2.21. The molecule has 4 rings (SSSR count). The predicted octanol–water partition coefficient (Wildman–Crippen LogP) is 4.39. The van der Waals surface area contributed by atoms with Crippen LogP contribution in [0.2, 0.25) is 0 Å². The van der Waals surface area contributed by atoms with Gasteiger partial charge in [0.2, 0.25) is 11.8 Å². The summed E-state index contributed by atoms with van der Waals surface area (Å²) >= 11 is 0. The van der Waals surface area contributed by atoms with Crippen LogP contribution in [0.1, 0.15) is 36.0 Å². The number of carbonyl (C=O) groups excluding carboxylic acids is 2. The second-order valence-corrected chi connectivity index (χ2v) is 9.86. The van der Waals surface area contributed by atoms with E-state index in [0.29, 0.717) is 45.5 Å². The molecule has 0 spiro atoms. The summed E-state index contributed by atoms with van der Waals surface area (Å²) in [6.45, 7) is 1.68. The Kier molecular flexibility index (Phi) is 9.94. The van der Waals surface area contributed by atoms with Crippen molar-refractivity contribution < 1.29 is 24.2 Å². The SMILES string of the molecule is O=C(CC1CCN(C(=O)O)CC1)N[C@@H](Cc1ccc(OCc2ccccc2)cc1)C(=O)NCc1ccccc1. The van der Waals surface area contributed by atoms with Crippen LogP contribution < -0.4 is 15.4 Å². The number of carbonyl (C=O) groups is 3. The smallest absolute Gasteiger partial charge is 0.407 e. The first-order valence-electron chi connectivity index (χ1n) is 13.3. The normalized spacial score (nSPS) is 14.3. The third kappa shape index (κ3) is 8.88. The molecule has 1 atom stereocenters. The van der Waals surface area contributed by atoms with E-state index >= 15 is 0 Å². The summed E-state index contributed by atoms with van der Waals surface area (Å²) in [5.74, 6) is 0.364. The number of carboxylic acid groups (broad SMARTS) is 1. The van der Waals surface area contributed by atoms with E-state index in [2.05, 4.69) is 10.6 Å². The summed E-state index contributed by atoms with van der Waals surface area (Å²) in [6.07, 6.45) is 0.944. The largest absolute Gasteiger partial charge is 0.489 e. The quantitative estimate of drug-likeness (QED) is 0.342. The van der Waals surface area contributed by atoms with Gasteiger partial charge in [-0.25, -0.2) is 4.79 Å². The monoisotopic (exact) mass is 529 g/mol. The van der Waals surface area contributed by atoms with Gasteiger partial charge in [0, 0.05) is 32.5 Å². The zero-order valence-electron chi connectivity index (χ0n) is 21.9. The van der Waals surface area contributed by atoms with Crippen LogP contribution in [0.5, 0.6) is 5.75 Å². The van der Waals surface area contributed by atoms with Gasteiger partial charge < -0.3 is 25.4 Å². The maximum Gasteiger partial charge on any atom is 0.407 e. The van der Waals surface area contributed by atoms with Crippen molar-refractivity contribution in [2.24, 2.45) is 5.92 Å². The Morgan fingerprint density at radius 2 is 1.46 bits per heavy atom. The molecule has 8 heteroatoms. The predicted molar refractivity (Wildman–Crippen MR) is 148 cm³/mol. The average molecular weight is 530 g/mol. The van der Waals surface area contributed by atoms with Crippen molar-refractivity contribution in [1.29, 1.82) is 0 Å². The Balaban J connectivity index is 1.35. The molecule has 8 nitrogen and oxygen atoms in total. The van der Waals surface area contributed by atoms with Gasteiger partial charge >= 0.3 is 6.09 Å². The summed E-state index contributed by atoms with van der Waals surface area (Å²) in [6, 6.07) is 26.4. The Labute approximate surface area is 229 Å². The lowest BCUT2D eigenvalue weighted by molar-refractivity contribution is -0.129. The van der Waals surface area contributed by atoms with E-state index < -0.39 is 12.1 Å². The van der Waals surface area contributed by atoms with Crippen LogP contribution in [-0.4, -0.2) is 47.0 Å². The molecule has 0 aromatic heterocycles. The van der Waals surface area contributed by atoms with Gasteiger partial charge in [-0.1, -0.05) is 72.8 Å². The maximum absolute atomic E-state index is 13.2. The molecule has 1 fully saturated rings. The van der Waals surface area contributed by atoms with Crippen LogP contribution in [0.4, 0.5) is 4.79 Å². The summed E-state index contributed by atoms with van der Waals surface area (Å²) in [5, 5.41) is 15.0. The fourth-order valence-corrected chi connectivity index (χ4v) is 4.66. The lowest BCUT2D eigenvalue weighted by Gasteiger charge is -2.30. The summed E-state index contributed by atoms with van der Waals surface area (Å²) in [4.78, 5) is 38.6. The van der Waals surface area contributed by atoms with E-state index in [1.165, 1.54) is 4.90 Å². The number of ether oxygens (including phenoxy) is 1. The molecule has 0 unspecified atom stereocenters. The number of rotatable bonds is 11. The number of nitrogens with zero attached hydrogens (tertiary/aromatic N) is 1. The second-order valence-electron chi connectivity index (χ2n) is 9.86. The minimum atomic E-state index is -0.926. The molecule has 0 saturated carbocycles. The number of nitrogens with one attached hydrogen (secondary N) is 2. The molecule has 1 aliphatic rings. The van der Waals surface area contributed by atoms with Crippen LogP contribution in [0.3, 0.4) is 0 Å². The highest BCUT2D eigenvalue weighted by molar-refractivity contribution is 5.88. The third-order valence-corrected chi connectivity index (χ3v) is 6.93.